The molecule has 1 N–H and O–H groups in total. The van der Waals surface area contributed by atoms with Crippen LogP contribution in [-0.2, 0) is 13.1 Å². The van der Waals surface area contributed by atoms with Gasteiger partial charge in [0.15, 0.2) is 11.2 Å². The van der Waals surface area contributed by atoms with Crippen LogP contribution < -0.4 is 11.2 Å². The maximum absolute atomic E-state index is 13.4. The maximum Gasteiger partial charge on any atom is 0.332 e. The van der Waals surface area contributed by atoms with Gasteiger partial charge in [0.1, 0.15) is 0 Å². The van der Waals surface area contributed by atoms with Crippen molar-refractivity contribution < 1.29 is 5.11 Å². The van der Waals surface area contributed by atoms with Crippen molar-refractivity contribution in [3.63, 3.8) is 0 Å². The summed E-state index contributed by atoms with van der Waals surface area (Å²) in [6.07, 6.45) is 6.86. The van der Waals surface area contributed by atoms with Gasteiger partial charge in [-0.05, 0) is 24.8 Å². The van der Waals surface area contributed by atoms with E-state index in [9.17, 15) is 14.7 Å². The van der Waals surface area contributed by atoms with Crippen LogP contribution in [-0.4, -0.2) is 23.8 Å². The number of nitrogens with zero attached hydrogens (tertiary/aromatic N) is 4. The summed E-state index contributed by atoms with van der Waals surface area (Å²) < 4.78 is 4.74. The first-order valence-corrected chi connectivity index (χ1v) is 10.5. The molecule has 29 heavy (non-hydrogen) atoms. The smallest absolute Gasteiger partial charge is 0.332 e. The predicted octanol–water partition coefficient (Wildman–Crippen LogP) is 3.01. The predicted molar refractivity (Wildman–Crippen MR) is 112 cm³/mol. The summed E-state index contributed by atoms with van der Waals surface area (Å²) in [4.78, 5) is 31.0. The minimum Gasteiger partial charge on any atom is -0.387 e. The Labute approximate surface area is 169 Å². The van der Waals surface area contributed by atoms with Crippen molar-refractivity contribution in [2.75, 3.05) is 0 Å². The van der Waals surface area contributed by atoms with Gasteiger partial charge in [0.05, 0.1) is 19.0 Å². The summed E-state index contributed by atoms with van der Waals surface area (Å²) in [6, 6.07) is 9.38. The monoisotopic (exact) mass is 396 g/mol. The Bertz CT molecular complexity index is 1090. The number of rotatable bonds is 7. The number of unbranched alkanes of at least 4 members (excludes halogenated alkanes) is 1. The van der Waals surface area contributed by atoms with Gasteiger partial charge in [0, 0.05) is 12.6 Å². The van der Waals surface area contributed by atoms with E-state index in [0.29, 0.717) is 23.3 Å². The largest absolute Gasteiger partial charge is 0.387 e. The lowest BCUT2D eigenvalue weighted by Gasteiger charge is -2.17. The third-order valence-corrected chi connectivity index (χ3v) is 5.93. The van der Waals surface area contributed by atoms with Crippen molar-refractivity contribution in [2.24, 2.45) is 0 Å². The average Bonchev–Trinajstić information content (AvgIpc) is 3.41. The Hall–Kier alpha value is -2.67. The third kappa shape index (κ3) is 3.67. The van der Waals surface area contributed by atoms with E-state index in [-0.39, 0.29) is 18.1 Å². The Kier molecular flexibility index (Phi) is 5.67. The second kappa shape index (κ2) is 8.37. The minimum absolute atomic E-state index is 0.0698. The molecule has 1 saturated carbocycles. The van der Waals surface area contributed by atoms with Crippen molar-refractivity contribution >= 4 is 11.2 Å². The molecule has 1 atom stereocenters. The Morgan fingerprint density at radius 3 is 2.55 bits per heavy atom. The summed E-state index contributed by atoms with van der Waals surface area (Å²) in [5.74, 6) is 0. The zero-order valence-electron chi connectivity index (χ0n) is 16.8. The summed E-state index contributed by atoms with van der Waals surface area (Å²) in [5, 5.41) is 10.7. The molecule has 0 aliphatic heterocycles. The highest BCUT2D eigenvalue weighted by atomic mass is 16.3. The van der Waals surface area contributed by atoms with E-state index in [1.807, 2.05) is 22.8 Å². The number of aromatic nitrogens is 4. The molecule has 2 heterocycles. The van der Waals surface area contributed by atoms with Crippen LogP contribution in [0.4, 0.5) is 0 Å². The molecule has 0 amide bonds. The van der Waals surface area contributed by atoms with Crippen LogP contribution in [0.5, 0.6) is 0 Å². The van der Waals surface area contributed by atoms with E-state index in [1.54, 1.807) is 23.0 Å². The Morgan fingerprint density at radius 1 is 1.14 bits per heavy atom. The van der Waals surface area contributed by atoms with Crippen molar-refractivity contribution in [1.29, 1.82) is 0 Å². The highest BCUT2D eigenvalue weighted by Crippen LogP contribution is 2.31. The van der Waals surface area contributed by atoms with E-state index in [1.165, 1.54) is 4.57 Å². The van der Waals surface area contributed by atoms with Crippen molar-refractivity contribution in [3.05, 3.63) is 63.1 Å². The van der Waals surface area contributed by atoms with Crippen LogP contribution in [0.2, 0.25) is 0 Å². The van der Waals surface area contributed by atoms with E-state index >= 15 is 0 Å². The van der Waals surface area contributed by atoms with Gasteiger partial charge in [0.2, 0.25) is 0 Å². The third-order valence-electron chi connectivity index (χ3n) is 5.93. The van der Waals surface area contributed by atoms with Crippen LogP contribution in [0.25, 0.3) is 11.2 Å². The molecule has 0 saturated heterocycles. The highest BCUT2D eigenvalue weighted by Gasteiger charge is 2.24. The van der Waals surface area contributed by atoms with Gasteiger partial charge >= 0.3 is 5.69 Å². The van der Waals surface area contributed by atoms with Gasteiger partial charge in [-0.2, -0.15) is 0 Å². The summed E-state index contributed by atoms with van der Waals surface area (Å²) >= 11 is 0. The van der Waals surface area contributed by atoms with Gasteiger partial charge in [-0.3, -0.25) is 13.9 Å². The van der Waals surface area contributed by atoms with Crippen molar-refractivity contribution in [2.45, 2.75) is 70.7 Å². The molecule has 2 aromatic heterocycles. The lowest BCUT2D eigenvalue weighted by Crippen LogP contribution is -2.42. The zero-order chi connectivity index (χ0) is 20.4. The molecule has 7 nitrogen and oxygen atoms in total. The second-order valence-corrected chi connectivity index (χ2v) is 7.89. The molecule has 1 aliphatic carbocycles. The Balaban J connectivity index is 1.85. The first kappa shape index (κ1) is 19.6. The first-order chi connectivity index (χ1) is 14.1. The summed E-state index contributed by atoms with van der Waals surface area (Å²) in [5.41, 5.74) is 0.863. The molecule has 0 radical (unpaired) electrons. The van der Waals surface area contributed by atoms with Crippen LogP contribution in [0, 0.1) is 0 Å². The molecule has 7 heteroatoms. The van der Waals surface area contributed by atoms with Gasteiger partial charge < -0.3 is 9.67 Å². The number of aliphatic hydroxyl groups is 1. The molecule has 3 aromatic rings. The summed E-state index contributed by atoms with van der Waals surface area (Å²) in [7, 11) is 0. The molecule has 4 rings (SSSR count). The fraction of sp³-hybridized carbons (Fsp3) is 0.500. The molecule has 0 spiro atoms. The molecule has 1 aliphatic rings. The number of fused-ring (bicyclic) bond motifs is 1. The number of imidazole rings is 1. The molecule has 0 bridgehead atoms. The van der Waals surface area contributed by atoms with Crippen LogP contribution >= 0.6 is 0 Å². The van der Waals surface area contributed by atoms with Gasteiger partial charge in [0.25, 0.3) is 5.56 Å². The normalized spacial score (nSPS) is 15.9. The average molecular weight is 396 g/mol. The highest BCUT2D eigenvalue weighted by molar-refractivity contribution is 5.70. The van der Waals surface area contributed by atoms with E-state index in [4.69, 9.17) is 0 Å². The van der Waals surface area contributed by atoms with Crippen molar-refractivity contribution in [1.82, 2.24) is 18.7 Å². The Morgan fingerprint density at radius 2 is 1.86 bits per heavy atom. The fourth-order valence-corrected chi connectivity index (χ4v) is 4.30. The number of hydrogen-bond acceptors (Lipinski definition) is 4. The molecule has 1 aromatic carbocycles. The maximum atomic E-state index is 13.4. The zero-order valence-corrected chi connectivity index (χ0v) is 16.8. The topological polar surface area (TPSA) is 82.0 Å². The van der Waals surface area contributed by atoms with Crippen LogP contribution in [0.3, 0.4) is 0 Å². The molecule has 154 valence electrons. The van der Waals surface area contributed by atoms with E-state index < -0.39 is 11.8 Å². The molecule has 0 unspecified atom stereocenters. The molecular weight excluding hydrogens is 368 g/mol. The van der Waals surface area contributed by atoms with Crippen LogP contribution in [0.15, 0.2) is 46.2 Å². The van der Waals surface area contributed by atoms with Gasteiger partial charge in [-0.1, -0.05) is 56.5 Å². The van der Waals surface area contributed by atoms with Crippen molar-refractivity contribution in [3.8, 4) is 0 Å². The second-order valence-electron chi connectivity index (χ2n) is 7.89. The molecular formula is C22H28N4O3. The quantitative estimate of drug-likeness (QED) is 0.666. The van der Waals surface area contributed by atoms with Gasteiger partial charge in [-0.25, -0.2) is 9.78 Å². The van der Waals surface area contributed by atoms with Crippen LogP contribution in [0.1, 0.15) is 63.2 Å². The summed E-state index contributed by atoms with van der Waals surface area (Å²) in [6.45, 7) is 2.50. The molecule has 1 fully saturated rings. The number of aryl methyl sites for hydroxylation is 1. The number of benzene rings is 1. The fourth-order valence-electron chi connectivity index (χ4n) is 4.30. The lowest BCUT2D eigenvalue weighted by atomic mass is 10.1. The number of hydrogen-bond donors (Lipinski definition) is 1. The van der Waals surface area contributed by atoms with E-state index in [2.05, 4.69) is 11.9 Å². The van der Waals surface area contributed by atoms with Gasteiger partial charge in [-0.15, -0.1) is 0 Å². The number of aliphatic hydroxyl groups excluding tert-OH is 1. The first-order valence-electron chi connectivity index (χ1n) is 10.5. The SMILES string of the molecule is CCCCn1c(=O)n(C[C@@H](O)c2ccccc2)c(=O)c2c1ncn2C1CCCC1. The standard InChI is InChI=1S/C22H28N4O3/c1-2-3-13-24-20-19(26(15-23-20)17-11-7-8-12-17)21(28)25(22(24)29)14-18(27)16-9-5-4-6-10-16/h4-6,9-10,15,17-18,27H,2-3,7-8,11-14H2,1H3/t18-/m1/s1. The lowest BCUT2D eigenvalue weighted by molar-refractivity contribution is 0.152. The minimum atomic E-state index is -0.929. The van der Waals surface area contributed by atoms with E-state index in [0.717, 1.165) is 38.5 Å².